The van der Waals surface area contributed by atoms with E-state index in [1.165, 1.54) is 5.56 Å². The summed E-state index contributed by atoms with van der Waals surface area (Å²) in [6.45, 7) is 14.4. The molecule has 1 fully saturated rings. The third kappa shape index (κ3) is 11.6. The molecule has 1 aliphatic rings. The molecule has 0 saturated carbocycles. The van der Waals surface area contributed by atoms with E-state index >= 15 is 0 Å². The number of unbranched alkanes of at least 4 members (excludes halogenated alkanes) is 1. The summed E-state index contributed by atoms with van der Waals surface area (Å²) >= 11 is 0. The van der Waals surface area contributed by atoms with E-state index in [0.29, 0.717) is 50.7 Å². The molecule has 1 saturated heterocycles. The van der Waals surface area contributed by atoms with Crippen LogP contribution in [0.2, 0.25) is 19.6 Å². The van der Waals surface area contributed by atoms with Gasteiger partial charge in [0.15, 0.2) is 0 Å². The molecule has 0 aliphatic carbocycles. The molecule has 6 heteroatoms. The Morgan fingerprint density at radius 2 is 1.75 bits per heavy atom. The number of amides is 1. The molecule has 0 bridgehead atoms. The maximum absolute atomic E-state index is 13.0. The largest absolute Gasteiger partial charge is 0.514 e. The van der Waals surface area contributed by atoms with Crippen molar-refractivity contribution in [1.82, 2.24) is 4.90 Å². The van der Waals surface area contributed by atoms with Gasteiger partial charge < -0.3 is 18.8 Å². The topological polar surface area (TPSA) is 48.0 Å². The van der Waals surface area contributed by atoms with Crippen LogP contribution < -0.4 is 0 Å². The number of allylic oxidation sites excluding steroid dienone is 2. The maximum Gasteiger partial charge on any atom is 0.313 e. The van der Waals surface area contributed by atoms with Gasteiger partial charge in [-0.1, -0.05) is 42.5 Å². The number of hydrogen-bond donors (Lipinski definition) is 0. The van der Waals surface area contributed by atoms with E-state index in [-0.39, 0.29) is 5.91 Å². The van der Waals surface area contributed by atoms with Gasteiger partial charge in [-0.05, 0) is 95.8 Å². The molecule has 200 valence electrons. The molecule has 5 nitrogen and oxygen atoms in total. The van der Waals surface area contributed by atoms with E-state index in [4.69, 9.17) is 13.9 Å². The second kappa shape index (κ2) is 15.8. The fraction of sp³-hybridized carbons (Fsp3) is 0.600. The van der Waals surface area contributed by atoms with Gasteiger partial charge in [0.05, 0.1) is 19.8 Å². The van der Waals surface area contributed by atoms with Crippen molar-refractivity contribution in [2.75, 3.05) is 13.2 Å². The van der Waals surface area contributed by atoms with Crippen molar-refractivity contribution < 1.29 is 18.7 Å². The van der Waals surface area contributed by atoms with Gasteiger partial charge in [-0.3, -0.25) is 4.79 Å². The van der Waals surface area contributed by atoms with E-state index in [2.05, 4.69) is 68.4 Å². The highest BCUT2D eigenvalue weighted by Gasteiger charge is 2.30. The summed E-state index contributed by atoms with van der Waals surface area (Å²) in [5.41, 5.74) is 5.69. The molecule has 0 radical (unpaired) electrons. The first-order valence-corrected chi connectivity index (χ1v) is 17.0. The van der Waals surface area contributed by atoms with Crippen LogP contribution in [0.3, 0.4) is 0 Å². The zero-order chi connectivity index (χ0) is 26.4. The van der Waals surface area contributed by atoms with Crippen molar-refractivity contribution in [1.29, 1.82) is 0 Å². The van der Waals surface area contributed by atoms with E-state index < -0.39 is 8.32 Å². The number of carbonyl (C=O) groups excluding carboxylic acids is 1. The summed E-state index contributed by atoms with van der Waals surface area (Å²) in [7, 11) is -1.83. The predicted molar refractivity (Wildman–Crippen MR) is 150 cm³/mol. The van der Waals surface area contributed by atoms with Crippen LogP contribution in [0, 0.1) is 0 Å². The Hall–Kier alpha value is -2.27. The van der Waals surface area contributed by atoms with Gasteiger partial charge in [-0.15, -0.1) is 0 Å². The SMILES string of the molecule is CCOC(=C=C(CCC/C=C/COCc1ccccc1)CCC(=O)N1[C@H](C)CC[C@H]1C)O[Si](C)(C)C. The molecule has 0 N–H and O–H groups in total. The predicted octanol–water partition coefficient (Wildman–Crippen LogP) is 7.36. The molecule has 1 heterocycles. The fourth-order valence-electron chi connectivity index (χ4n) is 4.41. The Labute approximate surface area is 220 Å². The van der Waals surface area contributed by atoms with Crippen molar-refractivity contribution in [3.05, 3.63) is 65.3 Å². The lowest BCUT2D eigenvalue weighted by molar-refractivity contribution is -0.133. The minimum absolute atomic E-state index is 0.242. The molecule has 0 unspecified atom stereocenters. The second-order valence-electron chi connectivity index (χ2n) is 10.6. The summed E-state index contributed by atoms with van der Waals surface area (Å²) in [5.74, 6) is 0.721. The van der Waals surface area contributed by atoms with E-state index in [1.54, 1.807) is 0 Å². The standard InChI is InChI=1S/C30H47NO4Si/c1-7-34-30(35-36(4,5)6)23-27(20-21-29(32)31-25(2)18-19-26(31)3)15-11-8-9-14-22-33-24-28-16-12-10-13-17-28/h9-10,12-14,16-17,25-26H,7-8,11,15,18-22,24H2,1-6H3/b14-9+/t23?,25-,26-/m1/s1. The minimum Gasteiger partial charge on any atom is -0.514 e. The third-order valence-electron chi connectivity index (χ3n) is 6.18. The molecule has 0 spiro atoms. The van der Waals surface area contributed by atoms with Gasteiger partial charge in [-0.25, -0.2) is 0 Å². The highest BCUT2D eigenvalue weighted by Crippen LogP contribution is 2.26. The molecule has 2 rings (SSSR count). The molecule has 2 atom stereocenters. The Bertz CT molecular complexity index is 874. The molecule has 1 aromatic rings. The normalized spacial score (nSPS) is 17.8. The smallest absolute Gasteiger partial charge is 0.313 e. The Morgan fingerprint density at radius 1 is 1.06 bits per heavy atom. The average molecular weight is 514 g/mol. The van der Waals surface area contributed by atoms with Gasteiger partial charge in [0, 0.05) is 18.5 Å². The van der Waals surface area contributed by atoms with Crippen molar-refractivity contribution in [2.24, 2.45) is 0 Å². The monoisotopic (exact) mass is 513 g/mol. The number of ether oxygens (including phenoxy) is 2. The quantitative estimate of drug-likeness (QED) is 0.0808. The molecular formula is C30H47NO4Si. The van der Waals surface area contributed by atoms with E-state index in [0.717, 1.165) is 37.7 Å². The third-order valence-corrected chi connectivity index (χ3v) is 6.97. The average Bonchev–Trinajstić information content (AvgIpc) is 3.16. The highest BCUT2D eigenvalue weighted by molar-refractivity contribution is 6.70. The molecule has 36 heavy (non-hydrogen) atoms. The molecule has 1 aromatic carbocycles. The highest BCUT2D eigenvalue weighted by atomic mass is 28.4. The van der Waals surface area contributed by atoms with Crippen molar-refractivity contribution in [2.45, 2.75) is 104 Å². The Balaban J connectivity index is 1.94. The lowest BCUT2D eigenvalue weighted by atomic mass is 10.0. The van der Waals surface area contributed by atoms with Gasteiger partial charge in [0.2, 0.25) is 14.2 Å². The molecule has 0 aromatic heterocycles. The number of hydrogen-bond acceptors (Lipinski definition) is 4. The first-order valence-electron chi connectivity index (χ1n) is 13.6. The molecular weight excluding hydrogens is 466 g/mol. The number of nitrogens with zero attached hydrogens (tertiary/aromatic N) is 1. The first-order chi connectivity index (χ1) is 17.2. The zero-order valence-corrected chi connectivity index (χ0v) is 24.3. The lowest BCUT2D eigenvalue weighted by Gasteiger charge is -2.26. The van der Waals surface area contributed by atoms with Crippen LogP contribution in [0.25, 0.3) is 0 Å². The Kier molecular flexibility index (Phi) is 13.1. The summed E-state index contributed by atoms with van der Waals surface area (Å²) in [5, 5.41) is 0. The summed E-state index contributed by atoms with van der Waals surface area (Å²) in [4.78, 5) is 15.1. The first kappa shape index (κ1) is 30.0. The fourth-order valence-corrected chi connectivity index (χ4v) is 5.07. The van der Waals surface area contributed by atoms with Gasteiger partial charge in [-0.2, -0.15) is 0 Å². The minimum atomic E-state index is -1.83. The summed E-state index contributed by atoms with van der Waals surface area (Å²) < 4.78 is 17.6. The van der Waals surface area contributed by atoms with Crippen molar-refractivity contribution >= 4 is 14.2 Å². The number of benzene rings is 1. The van der Waals surface area contributed by atoms with Gasteiger partial charge in [0.25, 0.3) is 0 Å². The van der Waals surface area contributed by atoms with Crippen LogP contribution >= 0.6 is 0 Å². The van der Waals surface area contributed by atoms with Crippen molar-refractivity contribution in [3.8, 4) is 0 Å². The second-order valence-corrected chi connectivity index (χ2v) is 15.0. The summed E-state index contributed by atoms with van der Waals surface area (Å²) in [6.07, 6.45) is 10.4. The van der Waals surface area contributed by atoms with Gasteiger partial charge in [0.1, 0.15) is 0 Å². The summed E-state index contributed by atoms with van der Waals surface area (Å²) in [6, 6.07) is 10.9. The van der Waals surface area contributed by atoms with Crippen LogP contribution in [0.15, 0.2) is 59.7 Å². The lowest BCUT2D eigenvalue weighted by Crippen LogP contribution is -2.38. The zero-order valence-electron chi connectivity index (χ0n) is 23.3. The molecule has 1 aliphatic heterocycles. The van der Waals surface area contributed by atoms with Gasteiger partial charge >= 0.3 is 5.95 Å². The van der Waals surface area contributed by atoms with Crippen LogP contribution in [-0.4, -0.2) is 44.4 Å². The van der Waals surface area contributed by atoms with Crippen LogP contribution in [-0.2, 0) is 25.3 Å². The number of carbonyl (C=O) groups is 1. The Morgan fingerprint density at radius 3 is 2.39 bits per heavy atom. The van der Waals surface area contributed by atoms with E-state index in [9.17, 15) is 4.79 Å². The number of likely N-dealkylation sites (tertiary alicyclic amines) is 1. The van der Waals surface area contributed by atoms with E-state index in [1.807, 2.05) is 25.1 Å². The van der Waals surface area contributed by atoms with Crippen LogP contribution in [0.1, 0.15) is 71.3 Å². The molecule has 1 amide bonds. The van der Waals surface area contributed by atoms with Crippen LogP contribution in [0.5, 0.6) is 0 Å². The maximum atomic E-state index is 13.0. The number of rotatable bonds is 15. The van der Waals surface area contributed by atoms with Crippen LogP contribution in [0.4, 0.5) is 0 Å². The van der Waals surface area contributed by atoms with Crippen molar-refractivity contribution in [3.63, 3.8) is 0 Å².